The molecule has 8 heteroatoms. The van der Waals surface area contributed by atoms with Crippen molar-refractivity contribution in [3.63, 3.8) is 0 Å². The van der Waals surface area contributed by atoms with Crippen LogP contribution < -0.4 is 10.1 Å². The van der Waals surface area contributed by atoms with E-state index in [4.69, 9.17) is 16.3 Å². The molecule has 0 unspecified atom stereocenters. The summed E-state index contributed by atoms with van der Waals surface area (Å²) in [6, 6.07) is 20.7. The number of fused-ring (bicyclic) bond motifs is 1. The molecule has 1 N–H and O–H groups in total. The Kier molecular flexibility index (Phi) is 8.18. The highest BCUT2D eigenvalue weighted by Crippen LogP contribution is 2.39. The van der Waals surface area contributed by atoms with Crippen LogP contribution in [0, 0.1) is 17.1 Å². The monoisotopic (exact) mass is 561 g/mol. The first-order valence-electron chi connectivity index (χ1n) is 13.0. The lowest BCUT2D eigenvalue weighted by Gasteiger charge is -2.37. The number of nitrogens with one attached hydrogen (secondary N) is 1. The number of nitriles is 1. The smallest absolute Gasteiger partial charge is 0.266 e. The first-order valence-corrected chi connectivity index (χ1v) is 14.1. The molecule has 0 radical (unpaired) electrons. The number of carbonyl (C=O) groups excluding carboxylic acids is 1. The Labute approximate surface area is 236 Å². The van der Waals surface area contributed by atoms with Crippen molar-refractivity contribution < 1.29 is 13.9 Å². The summed E-state index contributed by atoms with van der Waals surface area (Å²) in [6.45, 7) is 0.315. The molecule has 4 aromatic rings. The molecule has 1 heterocycles. The van der Waals surface area contributed by atoms with Crippen molar-refractivity contribution in [1.82, 2.24) is 10.2 Å². The zero-order valence-corrected chi connectivity index (χ0v) is 23.4. The van der Waals surface area contributed by atoms with E-state index in [-0.39, 0.29) is 17.0 Å². The van der Waals surface area contributed by atoms with Gasteiger partial charge in [0.25, 0.3) is 5.91 Å². The van der Waals surface area contributed by atoms with Gasteiger partial charge in [-0.05, 0) is 80.3 Å². The van der Waals surface area contributed by atoms with Gasteiger partial charge in [0.1, 0.15) is 16.4 Å². The highest BCUT2D eigenvalue weighted by molar-refractivity contribution is 7.21. The molecule has 3 aromatic carbocycles. The van der Waals surface area contributed by atoms with Gasteiger partial charge in [-0.3, -0.25) is 4.79 Å². The van der Waals surface area contributed by atoms with E-state index in [2.05, 4.69) is 11.4 Å². The Morgan fingerprint density at radius 2 is 1.87 bits per heavy atom. The van der Waals surface area contributed by atoms with Gasteiger partial charge in [0.2, 0.25) is 0 Å². The van der Waals surface area contributed by atoms with E-state index in [1.165, 1.54) is 17.4 Å². The summed E-state index contributed by atoms with van der Waals surface area (Å²) in [7, 11) is 3.59. The highest BCUT2D eigenvalue weighted by Gasteiger charge is 2.32. The number of thiophene rings is 1. The molecule has 5 rings (SSSR count). The molecule has 0 bridgehead atoms. The molecule has 1 saturated carbocycles. The summed E-state index contributed by atoms with van der Waals surface area (Å²) < 4.78 is 21.0. The van der Waals surface area contributed by atoms with Gasteiger partial charge in [-0.25, -0.2) is 4.39 Å². The predicted octanol–water partition coefficient (Wildman–Crippen LogP) is 7.41. The van der Waals surface area contributed by atoms with Gasteiger partial charge in [-0.1, -0.05) is 35.9 Å². The standard InChI is InChI=1S/C31H29ClFN3O2S/c1-35-23-10-12-24(13-11-23)36(31(37)30-29(32)28-25(33)7-4-8-27(28)39-30)18-22-16-21(9-14-26(22)38-2)20-6-3-5-19(15-20)17-34/h3-9,14-16,23-24,35H,10-13,18H2,1-2H3/t23-,24+. The number of benzene rings is 3. The molecule has 1 fully saturated rings. The van der Waals surface area contributed by atoms with Crippen LogP contribution in [0.15, 0.2) is 60.7 Å². The highest BCUT2D eigenvalue weighted by atomic mass is 35.5. The third-order valence-corrected chi connectivity index (χ3v) is 9.19. The number of nitrogens with zero attached hydrogens (tertiary/aromatic N) is 2. The maximum atomic E-state index is 14.6. The lowest BCUT2D eigenvalue weighted by molar-refractivity contribution is 0.0604. The van der Waals surface area contributed by atoms with Crippen molar-refractivity contribution in [3.8, 4) is 22.9 Å². The van der Waals surface area contributed by atoms with Crippen molar-refractivity contribution in [2.24, 2.45) is 0 Å². The average molecular weight is 562 g/mol. The van der Waals surface area contributed by atoms with Gasteiger partial charge in [0.15, 0.2) is 0 Å². The molecule has 5 nitrogen and oxygen atoms in total. The third kappa shape index (κ3) is 5.51. The summed E-state index contributed by atoms with van der Waals surface area (Å²) in [4.78, 5) is 16.4. The molecular formula is C31H29ClFN3O2S. The van der Waals surface area contributed by atoms with Crippen LogP contribution in [0.3, 0.4) is 0 Å². The number of hydrogen-bond acceptors (Lipinski definition) is 5. The third-order valence-electron chi connectivity index (χ3n) is 7.55. The van der Waals surface area contributed by atoms with Crippen LogP contribution in [0.2, 0.25) is 5.02 Å². The van der Waals surface area contributed by atoms with E-state index >= 15 is 0 Å². The van der Waals surface area contributed by atoms with Crippen molar-refractivity contribution in [1.29, 1.82) is 5.26 Å². The van der Waals surface area contributed by atoms with Crippen molar-refractivity contribution >= 4 is 38.9 Å². The summed E-state index contributed by atoms with van der Waals surface area (Å²) in [5.74, 6) is 0.0423. The summed E-state index contributed by atoms with van der Waals surface area (Å²) in [6.07, 6.45) is 3.61. The molecule has 39 heavy (non-hydrogen) atoms. The van der Waals surface area contributed by atoms with E-state index in [1.807, 2.05) is 48.3 Å². The minimum absolute atomic E-state index is 0.00325. The maximum Gasteiger partial charge on any atom is 0.266 e. The number of ether oxygens (including phenoxy) is 1. The van der Waals surface area contributed by atoms with Gasteiger partial charge >= 0.3 is 0 Å². The molecule has 1 amide bonds. The van der Waals surface area contributed by atoms with Crippen LogP contribution in [0.5, 0.6) is 5.75 Å². The minimum atomic E-state index is -0.428. The van der Waals surface area contributed by atoms with Crippen LogP contribution in [0.4, 0.5) is 4.39 Å². The second-order valence-electron chi connectivity index (χ2n) is 9.80. The molecular weight excluding hydrogens is 533 g/mol. The predicted molar refractivity (Wildman–Crippen MR) is 155 cm³/mol. The van der Waals surface area contributed by atoms with E-state index in [0.29, 0.717) is 38.9 Å². The molecule has 1 aliphatic rings. The summed E-state index contributed by atoms with van der Waals surface area (Å²) in [5.41, 5.74) is 3.27. The van der Waals surface area contributed by atoms with Crippen LogP contribution >= 0.6 is 22.9 Å². The number of methoxy groups -OCH3 is 1. The second-order valence-corrected chi connectivity index (χ2v) is 11.2. The number of hydrogen-bond donors (Lipinski definition) is 1. The lowest BCUT2D eigenvalue weighted by atomic mass is 9.89. The number of carbonyl (C=O) groups is 1. The minimum Gasteiger partial charge on any atom is -0.496 e. The van der Waals surface area contributed by atoms with Crippen LogP contribution in [0.1, 0.15) is 46.5 Å². The molecule has 0 aliphatic heterocycles. The summed E-state index contributed by atoms with van der Waals surface area (Å²) >= 11 is 7.87. The average Bonchev–Trinajstić information content (AvgIpc) is 3.32. The van der Waals surface area contributed by atoms with Crippen LogP contribution in [0.25, 0.3) is 21.2 Å². The maximum absolute atomic E-state index is 14.6. The number of halogens is 2. The Balaban J connectivity index is 1.55. The molecule has 0 spiro atoms. The Hall–Kier alpha value is -3.44. The fourth-order valence-corrected chi connectivity index (χ4v) is 6.92. The molecule has 200 valence electrons. The summed E-state index contributed by atoms with van der Waals surface area (Å²) in [5, 5.41) is 13.2. The van der Waals surface area contributed by atoms with Gasteiger partial charge in [0, 0.05) is 34.3 Å². The largest absolute Gasteiger partial charge is 0.496 e. The van der Waals surface area contributed by atoms with Gasteiger partial charge in [-0.2, -0.15) is 5.26 Å². The zero-order valence-electron chi connectivity index (χ0n) is 21.8. The first-order chi connectivity index (χ1) is 18.9. The quantitative estimate of drug-likeness (QED) is 0.255. The SMILES string of the molecule is CN[C@H]1CC[C@@H](N(Cc2cc(-c3cccc(C#N)c3)ccc2OC)C(=O)c2sc3cccc(F)c3c2Cl)CC1. The fourth-order valence-electron chi connectivity index (χ4n) is 5.42. The number of rotatable bonds is 7. The Bertz CT molecular complexity index is 1560. The second kappa shape index (κ2) is 11.7. The zero-order chi connectivity index (χ0) is 27.5. The van der Waals surface area contributed by atoms with Crippen molar-refractivity contribution in [2.75, 3.05) is 14.2 Å². The van der Waals surface area contributed by atoms with Gasteiger partial charge in [0.05, 0.1) is 23.8 Å². The molecule has 0 saturated heterocycles. The number of amides is 1. The van der Waals surface area contributed by atoms with E-state index in [1.54, 1.807) is 25.3 Å². The van der Waals surface area contributed by atoms with Gasteiger partial charge < -0.3 is 15.0 Å². The van der Waals surface area contributed by atoms with E-state index in [0.717, 1.165) is 42.4 Å². The first kappa shape index (κ1) is 27.1. The fraction of sp³-hybridized carbons (Fsp3) is 0.290. The van der Waals surface area contributed by atoms with Crippen molar-refractivity contribution in [3.05, 3.63) is 87.5 Å². The van der Waals surface area contributed by atoms with Crippen molar-refractivity contribution in [2.45, 2.75) is 44.3 Å². The van der Waals surface area contributed by atoms with Crippen LogP contribution in [-0.2, 0) is 6.54 Å². The molecule has 1 aliphatic carbocycles. The topological polar surface area (TPSA) is 65.4 Å². The molecule has 1 aromatic heterocycles. The lowest BCUT2D eigenvalue weighted by Crippen LogP contribution is -2.44. The van der Waals surface area contributed by atoms with E-state index < -0.39 is 5.82 Å². The normalized spacial score (nSPS) is 17.1. The van der Waals surface area contributed by atoms with Gasteiger partial charge in [-0.15, -0.1) is 11.3 Å². The van der Waals surface area contributed by atoms with Crippen LogP contribution in [-0.4, -0.2) is 37.0 Å². The van der Waals surface area contributed by atoms with E-state index in [9.17, 15) is 14.4 Å². The Morgan fingerprint density at radius 1 is 1.13 bits per heavy atom. The molecule has 0 atom stereocenters. The Morgan fingerprint density at radius 3 is 2.56 bits per heavy atom.